The van der Waals surface area contributed by atoms with E-state index in [1.165, 1.54) is 6.20 Å². The topological polar surface area (TPSA) is 108 Å². The van der Waals surface area contributed by atoms with Crippen LogP contribution < -0.4 is 15.5 Å². The number of carbonyl (C=O) groups is 1. The van der Waals surface area contributed by atoms with Gasteiger partial charge in [0.1, 0.15) is 17.2 Å². The molecule has 3 aromatic rings. The van der Waals surface area contributed by atoms with Crippen LogP contribution in [0.2, 0.25) is 0 Å². The van der Waals surface area contributed by atoms with Crippen LogP contribution >= 0.6 is 0 Å². The van der Waals surface area contributed by atoms with E-state index in [1.807, 2.05) is 0 Å². The fraction of sp³-hybridized carbons (Fsp3) is 0.448. The van der Waals surface area contributed by atoms with Crippen molar-refractivity contribution in [1.29, 1.82) is 0 Å². The Bertz CT molecular complexity index is 1570. The van der Waals surface area contributed by atoms with Crippen molar-refractivity contribution in [1.82, 2.24) is 15.0 Å². The fourth-order valence-electron chi connectivity index (χ4n) is 5.53. The zero-order valence-corrected chi connectivity index (χ0v) is 24.6. The molecule has 0 radical (unpaired) electrons. The summed E-state index contributed by atoms with van der Waals surface area (Å²) in [7, 11) is 0. The second kappa shape index (κ2) is 12.2. The summed E-state index contributed by atoms with van der Waals surface area (Å²) in [6.45, 7) is 5.76. The van der Waals surface area contributed by atoms with Crippen molar-refractivity contribution >= 4 is 17.5 Å². The molecule has 0 unspecified atom stereocenters. The van der Waals surface area contributed by atoms with E-state index in [4.69, 9.17) is 5.73 Å². The zero-order valence-electron chi connectivity index (χ0n) is 24.6. The van der Waals surface area contributed by atoms with Gasteiger partial charge in [-0.15, -0.1) is 0 Å². The number of anilines is 2. The third kappa shape index (κ3) is 6.83. The lowest BCUT2D eigenvalue weighted by molar-refractivity contribution is -0.143. The van der Waals surface area contributed by atoms with E-state index in [0.29, 0.717) is 31.3 Å². The molecule has 0 bridgehead atoms. The second-order valence-corrected chi connectivity index (χ2v) is 10.8. The average molecular weight is 665 g/mol. The first-order valence-electron chi connectivity index (χ1n) is 14.0. The normalized spacial score (nSPS) is 18.8. The molecule has 46 heavy (non-hydrogen) atoms. The highest BCUT2D eigenvalue weighted by Crippen LogP contribution is 2.46. The Labute approximate surface area is 257 Å². The van der Waals surface area contributed by atoms with Gasteiger partial charge in [0.2, 0.25) is 0 Å². The molecule has 1 aromatic carbocycles. The quantitative estimate of drug-likeness (QED) is 0.253. The number of halogens is 9. The largest absolute Gasteiger partial charge is 0.465 e. The number of nitrogens with two attached hydrogens (primary N) is 1. The lowest BCUT2D eigenvalue weighted by Crippen LogP contribution is -2.61. The van der Waals surface area contributed by atoms with Crippen LogP contribution in [0.4, 0.5) is 55.7 Å². The van der Waals surface area contributed by atoms with Gasteiger partial charge in [0, 0.05) is 19.5 Å². The van der Waals surface area contributed by atoms with Gasteiger partial charge < -0.3 is 15.7 Å². The predicted octanol–water partition coefficient (Wildman–Crippen LogP) is 7.45. The van der Waals surface area contributed by atoms with Gasteiger partial charge in [-0.3, -0.25) is 4.90 Å². The minimum absolute atomic E-state index is 0.00283. The Balaban J connectivity index is 1.95. The minimum atomic E-state index is -5.09. The summed E-state index contributed by atoms with van der Waals surface area (Å²) < 4.78 is 123. The number of fused-ring (bicyclic) bond motifs is 1. The maximum atomic E-state index is 13.7. The summed E-state index contributed by atoms with van der Waals surface area (Å²) in [5.74, 6) is -1.41. The monoisotopic (exact) mass is 664 g/mol. The van der Waals surface area contributed by atoms with Crippen molar-refractivity contribution in [3.63, 3.8) is 0 Å². The third-order valence-corrected chi connectivity index (χ3v) is 7.87. The van der Waals surface area contributed by atoms with Crippen molar-refractivity contribution in [2.45, 2.75) is 70.1 Å². The number of aromatic nitrogens is 3. The van der Waals surface area contributed by atoms with Crippen molar-refractivity contribution in [3.05, 3.63) is 76.1 Å². The molecule has 8 nitrogen and oxygen atoms in total. The SMILES string of the molecule is CCN(CC)c1cnc([C@H]2C[C@@](N)(CC)N(C(=O)O)c3ccc(C(F)(F)F)nc32)nc1Cc1cc(C(F)(F)F)cc(C(F)(F)F)c1. The van der Waals surface area contributed by atoms with Crippen LogP contribution in [0.3, 0.4) is 0 Å². The van der Waals surface area contributed by atoms with Gasteiger partial charge in [0.05, 0.1) is 46.0 Å². The van der Waals surface area contributed by atoms with Crippen LogP contribution in [0.25, 0.3) is 0 Å². The van der Waals surface area contributed by atoms with Gasteiger partial charge in [0.25, 0.3) is 0 Å². The van der Waals surface area contributed by atoms with Gasteiger partial charge in [-0.25, -0.2) is 19.7 Å². The molecule has 3 heterocycles. The first-order chi connectivity index (χ1) is 21.2. The summed E-state index contributed by atoms with van der Waals surface area (Å²) >= 11 is 0. The Kier molecular flexibility index (Phi) is 9.23. The highest BCUT2D eigenvalue weighted by molar-refractivity contribution is 5.89. The van der Waals surface area contributed by atoms with Crippen LogP contribution in [0.1, 0.15) is 79.1 Å². The summed E-state index contributed by atoms with van der Waals surface area (Å²) in [5.41, 5.74) is -0.251. The summed E-state index contributed by atoms with van der Waals surface area (Å²) in [6.07, 6.45) is -16.2. The van der Waals surface area contributed by atoms with Gasteiger partial charge in [0.15, 0.2) is 0 Å². The number of hydrogen-bond donors (Lipinski definition) is 2. The molecule has 2 atom stereocenters. The molecule has 0 fully saturated rings. The number of rotatable bonds is 7. The van der Waals surface area contributed by atoms with E-state index < -0.39 is 59.4 Å². The minimum Gasteiger partial charge on any atom is -0.465 e. The van der Waals surface area contributed by atoms with Crippen LogP contribution in [0.5, 0.6) is 0 Å². The Morgan fingerprint density at radius 1 is 0.957 bits per heavy atom. The van der Waals surface area contributed by atoms with Gasteiger partial charge >= 0.3 is 24.6 Å². The van der Waals surface area contributed by atoms with Crippen molar-refractivity contribution in [3.8, 4) is 0 Å². The molecule has 17 heteroatoms. The highest BCUT2D eigenvalue weighted by atomic mass is 19.4. The molecule has 250 valence electrons. The molecular weight excluding hydrogens is 635 g/mol. The van der Waals surface area contributed by atoms with Gasteiger partial charge in [-0.05, 0) is 62.6 Å². The number of pyridine rings is 1. The number of benzene rings is 1. The maximum absolute atomic E-state index is 13.7. The Morgan fingerprint density at radius 2 is 1.54 bits per heavy atom. The van der Waals surface area contributed by atoms with Crippen LogP contribution in [-0.4, -0.2) is 44.9 Å². The lowest BCUT2D eigenvalue weighted by Gasteiger charge is -2.45. The molecule has 2 aromatic heterocycles. The number of hydrogen-bond acceptors (Lipinski definition) is 6. The number of carboxylic acid groups (broad SMARTS) is 1. The predicted molar refractivity (Wildman–Crippen MR) is 148 cm³/mol. The number of amides is 1. The Morgan fingerprint density at radius 3 is 2.02 bits per heavy atom. The molecule has 1 aliphatic heterocycles. The van der Waals surface area contributed by atoms with Gasteiger partial charge in [-0.1, -0.05) is 6.92 Å². The fourth-order valence-corrected chi connectivity index (χ4v) is 5.53. The number of alkyl halides is 9. The molecular formula is C29H29F9N6O2. The first-order valence-corrected chi connectivity index (χ1v) is 14.0. The molecule has 0 saturated carbocycles. The lowest BCUT2D eigenvalue weighted by atomic mass is 9.83. The van der Waals surface area contributed by atoms with E-state index in [2.05, 4.69) is 15.0 Å². The summed E-state index contributed by atoms with van der Waals surface area (Å²) in [4.78, 5) is 27.2. The average Bonchev–Trinajstić information content (AvgIpc) is 2.96. The molecule has 0 saturated heterocycles. The molecule has 3 N–H and O–H groups in total. The summed E-state index contributed by atoms with van der Waals surface area (Å²) in [5, 5.41) is 9.96. The van der Waals surface area contributed by atoms with Gasteiger partial charge in [-0.2, -0.15) is 39.5 Å². The third-order valence-electron chi connectivity index (χ3n) is 7.87. The number of nitrogens with zero attached hydrogens (tertiary/aromatic N) is 5. The Hall–Kier alpha value is -4.15. The van der Waals surface area contributed by atoms with E-state index in [0.717, 1.165) is 11.0 Å². The first kappa shape index (κ1) is 34.7. The van der Waals surface area contributed by atoms with Crippen molar-refractivity contribution in [2.75, 3.05) is 22.9 Å². The zero-order chi connectivity index (χ0) is 34.4. The molecule has 1 aliphatic rings. The van der Waals surface area contributed by atoms with Crippen molar-refractivity contribution < 1.29 is 49.4 Å². The van der Waals surface area contributed by atoms with E-state index in [-0.39, 0.29) is 53.1 Å². The van der Waals surface area contributed by atoms with Crippen LogP contribution in [-0.2, 0) is 24.9 Å². The molecule has 0 spiro atoms. The molecule has 1 amide bonds. The highest BCUT2D eigenvalue weighted by Gasteiger charge is 2.48. The van der Waals surface area contributed by atoms with E-state index >= 15 is 0 Å². The molecule has 4 rings (SSSR count). The van der Waals surface area contributed by atoms with Crippen LogP contribution in [0.15, 0.2) is 36.5 Å². The standard InChI is InChI=1S/C29H29F9N6O2/c1-4-26(39)13-18(23-20(44(26)25(45)46)7-8-22(42-23)29(36,37)38)24-40-14-21(43(5-2)6-3)19(41-24)11-15-9-16(27(30,31)32)12-17(10-15)28(33,34)35/h7-10,12,14,18H,4-6,11,13,39H2,1-3H3,(H,45,46)/t18-,26+/m0/s1. The van der Waals surface area contributed by atoms with E-state index in [9.17, 15) is 49.4 Å². The summed E-state index contributed by atoms with van der Waals surface area (Å²) in [6, 6.07) is 2.68. The second-order valence-electron chi connectivity index (χ2n) is 10.8. The maximum Gasteiger partial charge on any atom is 0.433 e. The van der Waals surface area contributed by atoms with Crippen LogP contribution in [0, 0.1) is 0 Å². The van der Waals surface area contributed by atoms with Crippen molar-refractivity contribution in [2.24, 2.45) is 5.73 Å². The van der Waals surface area contributed by atoms with E-state index in [1.54, 1.807) is 25.7 Å². The smallest absolute Gasteiger partial charge is 0.433 e. The molecule has 0 aliphatic carbocycles.